The molecule has 5 aromatic rings. The van der Waals surface area contributed by atoms with Gasteiger partial charge in [0, 0.05) is 38.2 Å². The predicted octanol–water partition coefficient (Wildman–Crippen LogP) is -3.82. The molecular formula is C33H46N12O23P4S. The van der Waals surface area contributed by atoms with Crippen LogP contribution in [0.15, 0.2) is 45.6 Å². The van der Waals surface area contributed by atoms with Crippen LogP contribution in [-0.2, 0) is 66.7 Å². The minimum atomic E-state index is -6.10. The van der Waals surface area contributed by atoms with E-state index in [1.54, 1.807) is 0 Å². The van der Waals surface area contributed by atoms with Crippen molar-refractivity contribution in [1.29, 1.82) is 0 Å². The van der Waals surface area contributed by atoms with E-state index in [9.17, 15) is 67.5 Å². The maximum absolute atomic E-state index is 14.2. The maximum Gasteiger partial charge on any atom is 0.488 e. The van der Waals surface area contributed by atoms with E-state index in [4.69, 9.17) is 44.2 Å². The van der Waals surface area contributed by atoms with Gasteiger partial charge >= 0.3 is 33.8 Å². The van der Waals surface area contributed by atoms with Crippen LogP contribution in [0.1, 0.15) is 18.7 Å². The molecule has 3 fully saturated rings. The Morgan fingerprint density at radius 2 is 1.58 bits per heavy atom. The zero-order chi connectivity index (χ0) is 53.1. The molecule has 6 unspecified atom stereocenters. The molecule has 3 aliphatic rings. The van der Waals surface area contributed by atoms with Crippen molar-refractivity contribution >= 4 is 75.5 Å². The number of anilines is 2. The molecule has 73 heavy (non-hydrogen) atoms. The number of fused-ring (bicyclic) bond motifs is 2. The molecule has 3 aliphatic heterocycles. The molecule has 8 rings (SSSR count). The summed E-state index contributed by atoms with van der Waals surface area (Å²) in [6, 6.07) is 0.921. The molecule has 0 spiro atoms. The van der Waals surface area contributed by atoms with Crippen molar-refractivity contribution in [2.45, 2.75) is 67.1 Å². The van der Waals surface area contributed by atoms with E-state index >= 15 is 0 Å². The SMILES string of the molecule is COC[C@@H]1[C@@H](CSP(=O)(O)OP(=O)(O)OP(=O)(O)OCC2O[C@@H](n3cnc4c(N)ncnc43)[C@H](OC)[C@@H]2P(=O)([O-])OC[C@H]2O[C@@H](n3ccc(=O)[nH]c3=O)[C@H](O)[C@@H]2O)OC([n+]2cn(C)c3c(=O)[nH]c(N)nc32)[C@@H]1O. The van der Waals surface area contributed by atoms with Gasteiger partial charge in [-0.3, -0.25) is 37.8 Å². The summed E-state index contributed by atoms with van der Waals surface area (Å²) in [7, 11) is -13.7. The number of H-pyrrole nitrogens is 2. The number of nitrogens with zero attached hydrogens (tertiary/aromatic N) is 8. The smallest absolute Gasteiger partial charge is 0.488 e. The van der Waals surface area contributed by atoms with Crippen molar-refractivity contribution in [1.82, 2.24) is 43.6 Å². The second-order valence-electron chi connectivity index (χ2n) is 16.3. The number of phosphoric ester groups is 1. The first-order valence-electron chi connectivity index (χ1n) is 20.9. The number of aliphatic hydroxyl groups is 3. The van der Waals surface area contributed by atoms with Crippen molar-refractivity contribution < 1.29 is 99.1 Å². The number of nitrogens with two attached hydrogens (primary N) is 2. The van der Waals surface area contributed by atoms with Crippen LogP contribution in [-0.4, -0.2) is 162 Å². The van der Waals surface area contributed by atoms with Gasteiger partial charge in [0.25, 0.3) is 17.1 Å². The van der Waals surface area contributed by atoms with Crippen LogP contribution >= 0.6 is 41.4 Å². The highest BCUT2D eigenvalue weighted by Crippen LogP contribution is 2.72. The third-order valence-corrected chi connectivity index (χ3v) is 20.1. The van der Waals surface area contributed by atoms with Gasteiger partial charge in [-0.25, -0.2) is 38.0 Å². The predicted molar refractivity (Wildman–Crippen MR) is 240 cm³/mol. The fraction of sp³-hybridized carbons (Fsp3) is 0.576. The van der Waals surface area contributed by atoms with Gasteiger partial charge in [-0.15, -0.1) is 0 Å². The maximum atomic E-state index is 14.2. The molecule has 8 heterocycles. The van der Waals surface area contributed by atoms with Crippen LogP contribution in [0, 0.1) is 5.92 Å². The van der Waals surface area contributed by atoms with Gasteiger partial charge in [0.1, 0.15) is 50.0 Å². The number of aryl methyl sites for hydroxylation is 1. The normalized spacial score (nSPS) is 30.9. The molecule has 0 saturated carbocycles. The van der Waals surface area contributed by atoms with E-state index in [0.717, 1.165) is 41.2 Å². The summed E-state index contributed by atoms with van der Waals surface area (Å²) in [6.45, 7) is -7.93. The third-order valence-electron chi connectivity index (χ3n) is 11.7. The minimum absolute atomic E-state index is 0.00953. The minimum Gasteiger partial charge on any atom is -0.778 e. The number of methoxy groups -OCH3 is 2. The van der Waals surface area contributed by atoms with Gasteiger partial charge in [-0.1, -0.05) is 4.98 Å². The molecule has 0 aliphatic carbocycles. The van der Waals surface area contributed by atoms with Crippen LogP contribution in [0.3, 0.4) is 0 Å². The number of aromatic nitrogens is 10. The fourth-order valence-corrected chi connectivity index (χ4v) is 16.2. The van der Waals surface area contributed by atoms with Crippen LogP contribution in [0.2, 0.25) is 0 Å². The number of nitrogen functional groups attached to an aromatic ring is 2. The van der Waals surface area contributed by atoms with Gasteiger partial charge in [0.05, 0.1) is 51.1 Å². The fourth-order valence-electron chi connectivity index (χ4n) is 8.46. The topological polar surface area (TPSA) is 501 Å². The zero-order valence-corrected chi connectivity index (χ0v) is 42.1. The quantitative estimate of drug-likeness (QED) is 0.0264. The summed E-state index contributed by atoms with van der Waals surface area (Å²) >= 11 is -0.0112. The van der Waals surface area contributed by atoms with Crippen molar-refractivity contribution in [2.75, 3.05) is 51.3 Å². The Bertz CT molecular complexity index is 3250. The average molecular weight is 1130 g/mol. The summed E-state index contributed by atoms with van der Waals surface area (Å²) in [5, 5.41) is 32.7. The number of hydrogen-bond donors (Lipinski definition) is 10. The number of hydrogen-bond acceptors (Lipinski definition) is 27. The van der Waals surface area contributed by atoms with E-state index in [1.807, 2.05) is 4.98 Å². The second kappa shape index (κ2) is 21.1. The number of phosphoric acid groups is 2. The molecule has 0 aromatic carbocycles. The monoisotopic (exact) mass is 1130 g/mol. The summed E-state index contributed by atoms with van der Waals surface area (Å²) in [5.74, 6) is -1.85. The first-order valence-corrected chi connectivity index (χ1v) is 28.7. The standard InChI is InChI=1S/C33H46N12O23P4S/c1-42-12-45(27-19(42)28(50)41-32(35)40-27)29-20(47)13(6-60-2)16(66-29)9-73-72(58,59)68-71(56,57)67-70(54,55)63-8-15-24(23(61-3)31(65-15)44-11-38-18-25(34)36-10-37-26(18)44)69(52,53)62-7-14-21(48)22(49)30(64-14)43-5-4-17(46)39-33(43)51/h4-5,10-16,20-24,29-31,47-49H,6-9H2,1-3H3,(H9-,34,35,36,37,39,40,41,46,50,51,52,53,54,55,56,57,58,59)/t13-,14-,15?,16-,20-,21-,22-,23-,24-,29?,30-,31-/m1/s1. The first-order chi connectivity index (χ1) is 34.2. The lowest BCUT2D eigenvalue weighted by Crippen LogP contribution is -2.45. The summed E-state index contributed by atoms with van der Waals surface area (Å²) in [6.07, 6.45) is -11.5. The van der Waals surface area contributed by atoms with Gasteiger partial charge in [0.2, 0.25) is 11.7 Å². The lowest BCUT2D eigenvalue weighted by molar-refractivity contribution is -0.745. The molecule has 12 N–H and O–H groups in total. The molecule has 0 bridgehead atoms. The lowest BCUT2D eigenvalue weighted by atomic mass is 10.00. The van der Waals surface area contributed by atoms with Gasteiger partial charge in [-0.05, 0) is 11.4 Å². The Kier molecular flexibility index (Phi) is 15.9. The number of imidazole rings is 2. The van der Waals surface area contributed by atoms with E-state index in [1.165, 1.54) is 29.6 Å². The Morgan fingerprint density at radius 1 is 0.863 bits per heavy atom. The van der Waals surface area contributed by atoms with Crippen LogP contribution in [0.5, 0.6) is 0 Å². The molecule has 3 saturated heterocycles. The van der Waals surface area contributed by atoms with Crippen molar-refractivity contribution in [3.8, 4) is 0 Å². The average Bonchev–Trinajstić information content (AvgIpc) is 4.10. The number of aliphatic hydroxyl groups excluding tert-OH is 3. The first kappa shape index (κ1) is 55.1. The van der Waals surface area contributed by atoms with E-state index in [-0.39, 0.29) is 52.1 Å². The highest BCUT2D eigenvalue weighted by Gasteiger charge is 2.55. The molecular weight excluding hydrogens is 1090 g/mol. The molecule has 35 nitrogen and oxygen atoms in total. The van der Waals surface area contributed by atoms with Crippen molar-refractivity contribution in [2.24, 2.45) is 13.0 Å². The van der Waals surface area contributed by atoms with Crippen molar-refractivity contribution in [3.05, 3.63) is 62.4 Å². The lowest BCUT2D eigenvalue weighted by Gasteiger charge is -2.35. The number of nitrogens with one attached hydrogen (secondary N) is 2. The Morgan fingerprint density at radius 3 is 2.27 bits per heavy atom. The molecule has 0 amide bonds. The van der Waals surface area contributed by atoms with Crippen molar-refractivity contribution in [3.63, 3.8) is 0 Å². The molecule has 5 aromatic heterocycles. The number of aromatic amines is 2. The Balaban J connectivity index is 0.957. The number of rotatable bonds is 20. The van der Waals surface area contributed by atoms with Gasteiger partial charge in [0.15, 0.2) is 30.2 Å². The van der Waals surface area contributed by atoms with Crippen LogP contribution in [0.4, 0.5) is 11.8 Å². The molecule has 40 heteroatoms. The number of ether oxygens (including phenoxy) is 5. The van der Waals surface area contributed by atoms with E-state index in [0.29, 0.717) is 0 Å². The molecule has 16 atom stereocenters. The summed E-state index contributed by atoms with van der Waals surface area (Å²) < 4.78 is 106. The largest absolute Gasteiger partial charge is 0.778 e. The third kappa shape index (κ3) is 11.4. The summed E-state index contributed by atoms with van der Waals surface area (Å²) in [4.78, 5) is 103. The molecule has 402 valence electrons. The van der Waals surface area contributed by atoms with Crippen LogP contribution in [0.25, 0.3) is 22.3 Å². The van der Waals surface area contributed by atoms with E-state index < -0.39 is 139 Å². The molecule has 0 radical (unpaired) electrons. The second-order valence-corrected chi connectivity index (χ2v) is 25.4. The van der Waals surface area contributed by atoms with Crippen LogP contribution < -0.4 is 37.7 Å². The van der Waals surface area contributed by atoms with E-state index in [2.05, 4.69) is 33.5 Å². The zero-order valence-electron chi connectivity index (χ0n) is 37.7. The summed E-state index contributed by atoms with van der Waals surface area (Å²) in [5.41, 5.74) is 7.24. The highest BCUT2D eigenvalue weighted by atomic mass is 32.7. The Labute approximate surface area is 410 Å². The van der Waals surface area contributed by atoms with Gasteiger partial charge < -0.3 is 79.1 Å². The Hall–Kier alpha value is -4.19. The van der Waals surface area contributed by atoms with Gasteiger partial charge in [-0.2, -0.15) is 8.62 Å². The highest BCUT2D eigenvalue weighted by molar-refractivity contribution is 8.55.